The van der Waals surface area contributed by atoms with Gasteiger partial charge in [0.15, 0.2) is 0 Å². The Morgan fingerprint density at radius 1 is 1.00 bits per heavy atom. The van der Waals surface area contributed by atoms with Gasteiger partial charge in [-0.15, -0.1) is 0 Å². The lowest BCUT2D eigenvalue weighted by molar-refractivity contribution is -0.149. The van der Waals surface area contributed by atoms with Crippen LogP contribution in [0.5, 0.6) is 0 Å². The highest BCUT2D eigenvalue weighted by molar-refractivity contribution is 5.96. The van der Waals surface area contributed by atoms with Crippen molar-refractivity contribution >= 4 is 23.9 Å². The van der Waals surface area contributed by atoms with Gasteiger partial charge in [0.05, 0.1) is 25.2 Å². The molecule has 1 saturated carbocycles. The van der Waals surface area contributed by atoms with Crippen LogP contribution in [0, 0.1) is 23.2 Å². The Morgan fingerprint density at radius 3 is 2.23 bits per heavy atom. The Balaban J connectivity index is 1.83. The van der Waals surface area contributed by atoms with Gasteiger partial charge in [0.1, 0.15) is 11.6 Å². The molecule has 3 rings (SSSR count). The van der Waals surface area contributed by atoms with Crippen molar-refractivity contribution in [2.45, 2.75) is 89.6 Å². The molecule has 3 aliphatic rings. The number of piperidine rings is 2. The lowest BCUT2D eigenvalue weighted by atomic mass is 9.84. The number of hydrogen-bond acceptors (Lipinski definition) is 8. The van der Waals surface area contributed by atoms with E-state index < -0.39 is 17.7 Å². The minimum Gasteiger partial charge on any atom is -0.466 e. The van der Waals surface area contributed by atoms with Crippen LogP contribution in [0.2, 0.25) is 0 Å². The smallest absolute Gasteiger partial charge is 0.413 e. The molecule has 0 aromatic rings. The van der Waals surface area contributed by atoms with Crippen molar-refractivity contribution in [1.29, 1.82) is 5.26 Å². The van der Waals surface area contributed by atoms with Crippen LogP contribution < -0.4 is 10.6 Å². The first kappa shape index (κ1) is 30.7. The fourth-order valence-electron chi connectivity index (χ4n) is 5.73. The predicted octanol–water partition coefficient (Wildman–Crippen LogP) is 2.81. The Labute approximate surface area is 232 Å². The van der Waals surface area contributed by atoms with Crippen molar-refractivity contribution in [2.75, 3.05) is 46.4 Å². The maximum absolute atomic E-state index is 13.8. The summed E-state index contributed by atoms with van der Waals surface area (Å²) in [5, 5.41) is 15.8. The molecule has 2 aliphatic heterocycles. The Hall–Kier alpha value is -2.87. The lowest BCUT2D eigenvalue weighted by Crippen LogP contribution is -2.56. The molecule has 2 heterocycles. The van der Waals surface area contributed by atoms with Crippen LogP contribution in [-0.4, -0.2) is 91.8 Å². The van der Waals surface area contributed by atoms with E-state index in [1.54, 1.807) is 13.8 Å². The highest BCUT2D eigenvalue weighted by Gasteiger charge is 2.38. The van der Waals surface area contributed by atoms with Crippen molar-refractivity contribution < 1.29 is 23.9 Å². The van der Waals surface area contributed by atoms with Crippen molar-refractivity contribution in [3.05, 3.63) is 0 Å². The summed E-state index contributed by atoms with van der Waals surface area (Å²) in [7, 11) is 2.01. The van der Waals surface area contributed by atoms with Crippen molar-refractivity contribution in [3.8, 4) is 6.07 Å². The second kappa shape index (κ2) is 15.1. The monoisotopic (exact) mass is 546 g/mol. The van der Waals surface area contributed by atoms with E-state index in [4.69, 9.17) is 14.5 Å². The average Bonchev–Trinajstić information content (AvgIpc) is 2.94. The molecule has 0 bridgehead atoms. The fraction of sp³-hybridized carbons (Fsp3) is 0.821. The van der Waals surface area contributed by atoms with Gasteiger partial charge < -0.3 is 24.6 Å². The summed E-state index contributed by atoms with van der Waals surface area (Å²) in [6.07, 6.45) is 7.70. The van der Waals surface area contributed by atoms with Crippen LogP contribution in [0.25, 0.3) is 0 Å². The second-order valence-electron chi connectivity index (χ2n) is 11.1. The number of nitriles is 1. The van der Waals surface area contributed by atoms with E-state index in [-0.39, 0.29) is 30.4 Å². The molecule has 39 heavy (non-hydrogen) atoms. The van der Waals surface area contributed by atoms with Gasteiger partial charge in [0.2, 0.25) is 11.9 Å². The molecule has 218 valence electrons. The quantitative estimate of drug-likeness (QED) is 0.269. The molecule has 1 unspecified atom stereocenters. The number of guanidine groups is 1. The number of hydrogen-bond donors (Lipinski definition) is 2. The van der Waals surface area contributed by atoms with Crippen LogP contribution in [-0.2, 0) is 19.1 Å². The van der Waals surface area contributed by atoms with E-state index in [0.29, 0.717) is 57.7 Å². The number of aliphatic imine (C=N–C) groups is 1. The molecule has 11 nitrogen and oxygen atoms in total. The predicted molar refractivity (Wildman–Crippen MR) is 147 cm³/mol. The molecule has 0 aromatic heterocycles. The number of ether oxygens (including phenoxy) is 2. The SMILES string of the molecule is CCOC(=O)N/C(=N\C(CC1CCCCC1)C(=O)NC1(C#N)CCN(C)CC1)N1CCC(C(=O)OCC)CC1. The molecule has 0 aromatic carbocycles. The van der Waals surface area contributed by atoms with Gasteiger partial charge in [-0.2, -0.15) is 5.26 Å². The second-order valence-corrected chi connectivity index (χ2v) is 11.1. The Kier molecular flexibility index (Phi) is 11.8. The molecule has 2 N–H and O–H groups in total. The zero-order valence-corrected chi connectivity index (χ0v) is 23.9. The molecule has 2 amide bonds. The topological polar surface area (TPSA) is 136 Å². The molecular formula is C28H46N6O5. The van der Waals surface area contributed by atoms with Gasteiger partial charge in [0.25, 0.3) is 0 Å². The van der Waals surface area contributed by atoms with Gasteiger partial charge in [-0.05, 0) is 58.9 Å². The van der Waals surface area contributed by atoms with Crippen LogP contribution >= 0.6 is 0 Å². The summed E-state index contributed by atoms with van der Waals surface area (Å²) in [6, 6.07) is 1.62. The zero-order valence-electron chi connectivity index (χ0n) is 23.9. The van der Waals surface area contributed by atoms with Gasteiger partial charge in [-0.25, -0.2) is 9.79 Å². The summed E-state index contributed by atoms with van der Waals surface area (Å²) >= 11 is 0. The van der Waals surface area contributed by atoms with Gasteiger partial charge in [-0.1, -0.05) is 32.1 Å². The third-order valence-corrected chi connectivity index (χ3v) is 8.18. The minimum absolute atomic E-state index is 0.203. The van der Waals surface area contributed by atoms with E-state index >= 15 is 0 Å². The molecule has 11 heteroatoms. The zero-order chi connectivity index (χ0) is 28.3. The standard InChI is InChI=1S/C28H46N6O5/c1-4-38-25(36)22-11-15-34(16-12-22)26(31-27(37)39-5-2)30-23(19-21-9-7-6-8-10-21)24(35)32-28(20-29)13-17-33(3)18-14-28/h21-23H,4-19H2,1-3H3,(H,32,35)(H,30,31,37). The summed E-state index contributed by atoms with van der Waals surface area (Å²) in [5.41, 5.74) is -0.920. The van der Waals surface area contributed by atoms with Gasteiger partial charge in [0, 0.05) is 26.2 Å². The number of carbonyl (C=O) groups is 3. The first-order chi connectivity index (χ1) is 18.8. The molecule has 0 radical (unpaired) electrons. The minimum atomic E-state index is -0.920. The summed E-state index contributed by atoms with van der Waals surface area (Å²) < 4.78 is 10.3. The largest absolute Gasteiger partial charge is 0.466 e. The van der Waals surface area contributed by atoms with E-state index in [1.165, 1.54) is 6.42 Å². The Bertz CT molecular complexity index is 897. The molecule has 1 atom stereocenters. The number of carbonyl (C=O) groups excluding carboxylic acids is 3. The highest BCUT2D eigenvalue weighted by Crippen LogP contribution is 2.29. The number of likely N-dealkylation sites (tertiary alicyclic amines) is 2. The number of nitrogens with one attached hydrogen (secondary N) is 2. The van der Waals surface area contributed by atoms with Crippen LogP contribution in [0.4, 0.5) is 4.79 Å². The number of rotatable bonds is 8. The van der Waals surface area contributed by atoms with Crippen molar-refractivity contribution in [2.24, 2.45) is 16.8 Å². The van der Waals surface area contributed by atoms with Crippen molar-refractivity contribution in [3.63, 3.8) is 0 Å². The van der Waals surface area contributed by atoms with Crippen LogP contribution in [0.1, 0.15) is 78.1 Å². The normalized spacial score (nSPS) is 21.9. The van der Waals surface area contributed by atoms with E-state index in [1.807, 2.05) is 11.9 Å². The number of nitrogens with zero attached hydrogens (tertiary/aromatic N) is 4. The van der Waals surface area contributed by atoms with E-state index in [9.17, 15) is 19.6 Å². The average molecular weight is 547 g/mol. The van der Waals surface area contributed by atoms with E-state index in [2.05, 4.69) is 21.6 Å². The third-order valence-electron chi connectivity index (χ3n) is 8.18. The number of esters is 1. The fourth-order valence-corrected chi connectivity index (χ4v) is 5.73. The van der Waals surface area contributed by atoms with Crippen LogP contribution in [0.3, 0.4) is 0 Å². The summed E-state index contributed by atoms with van der Waals surface area (Å²) in [5.74, 6) is -0.0562. The van der Waals surface area contributed by atoms with E-state index in [0.717, 1.165) is 38.8 Å². The number of amides is 2. The summed E-state index contributed by atoms with van der Waals surface area (Å²) in [4.78, 5) is 47.4. The van der Waals surface area contributed by atoms with Gasteiger partial charge in [-0.3, -0.25) is 14.9 Å². The lowest BCUT2D eigenvalue weighted by Gasteiger charge is -2.37. The van der Waals surface area contributed by atoms with Crippen LogP contribution in [0.15, 0.2) is 4.99 Å². The maximum atomic E-state index is 13.8. The molecule has 3 fully saturated rings. The maximum Gasteiger partial charge on any atom is 0.413 e. The van der Waals surface area contributed by atoms with Crippen molar-refractivity contribution in [1.82, 2.24) is 20.4 Å². The first-order valence-corrected chi connectivity index (χ1v) is 14.6. The van der Waals surface area contributed by atoms with Gasteiger partial charge >= 0.3 is 12.1 Å². The first-order valence-electron chi connectivity index (χ1n) is 14.6. The molecule has 0 spiro atoms. The molecular weight excluding hydrogens is 500 g/mol. The molecule has 2 saturated heterocycles. The summed E-state index contributed by atoms with van der Waals surface area (Å²) in [6.45, 7) is 6.50. The Morgan fingerprint density at radius 2 is 1.64 bits per heavy atom. The highest BCUT2D eigenvalue weighted by atomic mass is 16.5. The number of alkyl carbamates (subject to hydrolysis) is 1. The third kappa shape index (κ3) is 9.09. The molecule has 1 aliphatic carbocycles.